The number of piperidine rings is 1. The van der Waals surface area contributed by atoms with Gasteiger partial charge in [-0.3, -0.25) is 4.90 Å². The molecule has 18 heavy (non-hydrogen) atoms. The summed E-state index contributed by atoms with van der Waals surface area (Å²) >= 11 is 0. The number of nitrogens with zero attached hydrogens (tertiary/aromatic N) is 2. The Kier molecular flexibility index (Phi) is 5.46. The number of rotatable bonds is 6. The van der Waals surface area contributed by atoms with E-state index in [2.05, 4.69) is 36.0 Å². The van der Waals surface area contributed by atoms with Gasteiger partial charge in [0.25, 0.3) is 0 Å². The number of hydrogen-bond donors (Lipinski definition) is 1. The van der Waals surface area contributed by atoms with Crippen LogP contribution in [-0.2, 0) is 0 Å². The van der Waals surface area contributed by atoms with Crippen LogP contribution >= 0.6 is 0 Å². The molecule has 0 spiro atoms. The molecule has 0 aromatic heterocycles. The Morgan fingerprint density at radius 1 is 1.28 bits per heavy atom. The highest BCUT2D eigenvalue weighted by Crippen LogP contribution is 2.26. The molecule has 2 heterocycles. The first-order valence-electron chi connectivity index (χ1n) is 7.90. The Labute approximate surface area is 113 Å². The second-order valence-electron chi connectivity index (χ2n) is 6.19. The molecule has 0 amide bonds. The van der Waals surface area contributed by atoms with E-state index < -0.39 is 0 Å². The molecule has 3 heteroatoms. The Bertz CT molecular complexity index is 244. The van der Waals surface area contributed by atoms with Crippen LogP contribution in [-0.4, -0.2) is 61.2 Å². The van der Waals surface area contributed by atoms with Crippen LogP contribution in [0.1, 0.15) is 46.0 Å². The maximum Gasteiger partial charge on any atom is 0.0249 e. The lowest BCUT2D eigenvalue weighted by Gasteiger charge is -2.33. The molecule has 2 aliphatic rings. The van der Waals surface area contributed by atoms with Crippen molar-refractivity contribution in [1.82, 2.24) is 15.1 Å². The fourth-order valence-electron chi connectivity index (χ4n) is 3.44. The molecule has 2 aliphatic heterocycles. The molecule has 0 aliphatic carbocycles. The predicted octanol–water partition coefficient (Wildman–Crippen LogP) is 1.93. The van der Waals surface area contributed by atoms with Gasteiger partial charge >= 0.3 is 0 Å². The van der Waals surface area contributed by atoms with Crippen LogP contribution in [0.5, 0.6) is 0 Å². The summed E-state index contributed by atoms with van der Waals surface area (Å²) in [5, 5.41) is 3.81. The molecule has 3 nitrogen and oxygen atoms in total. The summed E-state index contributed by atoms with van der Waals surface area (Å²) in [7, 11) is 2.25. The molecule has 2 saturated heterocycles. The summed E-state index contributed by atoms with van der Waals surface area (Å²) in [5.74, 6) is 0. The van der Waals surface area contributed by atoms with E-state index in [4.69, 9.17) is 0 Å². The molecule has 3 atom stereocenters. The number of fused-ring (bicyclic) bond motifs is 1. The van der Waals surface area contributed by atoms with Gasteiger partial charge in [-0.15, -0.1) is 0 Å². The lowest BCUT2D eigenvalue weighted by atomic mass is 9.99. The third kappa shape index (κ3) is 3.46. The summed E-state index contributed by atoms with van der Waals surface area (Å²) in [5.41, 5.74) is 0. The van der Waals surface area contributed by atoms with Crippen LogP contribution in [0.25, 0.3) is 0 Å². The molecule has 0 radical (unpaired) electrons. The minimum absolute atomic E-state index is 0.710. The van der Waals surface area contributed by atoms with E-state index in [1.54, 1.807) is 0 Å². The molecule has 0 aromatic rings. The fraction of sp³-hybridized carbons (Fsp3) is 1.00. The number of likely N-dealkylation sites (N-methyl/N-ethyl adjacent to an activating group) is 1. The standard InChI is InChI=1S/C15H31N3/c1-4-13(2)17(3)12-9-16-14-8-11-18-10-6-5-7-15(14)18/h13-16H,4-12H2,1-3H3. The van der Waals surface area contributed by atoms with Gasteiger partial charge in [0, 0.05) is 37.8 Å². The summed E-state index contributed by atoms with van der Waals surface area (Å²) < 4.78 is 0. The van der Waals surface area contributed by atoms with E-state index >= 15 is 0 Å². The quantitative estimate of drug-likeness (QED) is 0.780. The number of hydrogen-bond acceptors (Lipinski definition) is 3. The zero-order valence-electron chi connectivity index (χ0n) is 12.5. The first-order valence-corrected chi connectivity index (χ1v) is 7.90. The average Bonchev–Trinajstić information content (AvgIpc) is 2.81. The lowest BCUT2D eigenvalue weighted by Crippen LogP contribution is -2.47. The summed E-state index contributed by atoms with van der Waals surface area (Å²) in [6, 6.07) is 2.31. The average molecular weight is 253 g/mol. The van der Waals surface area contributed by atoms with E-state index in [1.165, 1.54) is 51.7 Å². The van der Waals surface area contributed by atoms with Crippen molar-refractivity contribution < 1.29 is 0 Å². The highest BCUT2D eigenvalue weighted by Gasteiger charge is 2.34. The maximum atomic E-state index is 3.81. The molecular formula is C15H31N3. The van der Waals surface area contributed by atoms with Crippen LogP contribution < -0.4 is 5.32 Å². The SMILES string of the molecule is CCC(C)N(C)CCNC1CCN2CCCCC12. The van der Waals surface area contributed by atoms with Crippen molar-refractivity contribution in [3.63, 3.8) is 0 Å². The van der Waals surface area contributed by atoms with Crippen LogP contribution in [0.15, 0.2) is 0 Å². The van der Waals surface area contributed by atoms with Gasteiger partial charge in [0.1, 0.15) is 0 Å². The van der Waals surface area contributed by atoms with Gasteiger partial charge in [0.05, 0.1) is 0 Å². The minimum Gasteiger partial charge on any atom is -0.311 e. The van der Waals surface area contributed by atoms with Crippen molar-refractivity contribution in [1.29, 1.82) is 0 Å². The largest absolute Gasteiger partial charge is 0.311 e. The van der Waals surface area contributed by atoms with Gasteiger partial charge < -0.3 is 10.2 Å². The van der Waals surface area contributed by atoms with Crippen molar-refractivity contribution in [3.05, 3.63) is 0 Å². The highest BCUT2D eigenvalue weighted by molar-refractivity contribution is 4.93. The molecule has 106 valence electrons. The second kappa shape index (κ2) is 6.88. The third-order valence-corrected chi connectivity index (χ3v) is 5.07. The lowest BCUT2D eigenvalue weighted by molar-refractivity contribution is 0.177. The normalized spacial score (nSPS) is 30.7. The van der Waals surface area contributed by atoms with Gasteiger partial charge in [0.2, 0.25) is 0 Å². The summed E-state index contributed by atoms with van der Waals surface area (Å²) in [4.78, 5) is 5.18. The monoisotopic (exact) mass is 253 g/mol. The van der Waals surface area contributed by atoms with Crippen LogP contribution in [0.4, 0.5) is 0 Å². The first kappa shape index (κ1) is 14.3. The summed E-state index contributed by atoms with van der Waals surface area (Å²) in [6.07, 6.45) is 6.87. The summed E-state index contributed by atoms with van der Waals surface area (Å²) in [6.45, 7) is 9.58. The van der Waals surface area contributed by atoms with Gasteiger partial charge in [0.15, 0.2) is 0 Å². The molecule has 2 fully saturated rings. The highest BCUT2D eigenvalue weighted by atomic mass is 15.2. The molecule has 0 aromatic carbocycles. The predicted molar refractivity (Wildman–Crippen MR) is 78.0 cm³/mol. The third-order valence-electron chi connectivity index (χ3n) is 5.07. The van der Waals surface area contributed by atoms with Crippen molar-refractivity contribution in [3.8, 4) is 0 Å². The molecular weight excluding hydrogens is 222 g/mol. The minimum atomic E-state index is 0.710. The van der Waals surface area contributed by atoms with Crippen LogP contribution in [0.2, 0.25) is 0 Å². The smallest absolute Gasteiger partial charge is 0.0249 e. The molecule has 0 bridgehead atoms. The van der Waals surface area contributed by atoms with Gasteiger partial charge in [-0.25, -0.2) is 0 Å². The van der Waals surface area contributed by atoms with Crippen molar-refractivity contribution >= 4 is 0 Å². The second-order valence-corrected chi connectivity index (χ2v) is 6.19. The van der Waals surface area contributed by atoms with Gasteiger partial charge in [-0.2, -0.15) is 0 Å². The van der Waals surface area contributed by atoms with Gasteiger partial charge in [-0.05, 0) is 46.2 Å². The van der Waals surface area contributed by atoms with E-state index in [-0.39, 0.29) is 0 Å². The van der Waals surface area contributed by atoms with E-state index in [1.807, 2.05) is 0 Å². The maximum absolute atomic E-state index is 3.81. The van der Waals surface area contributed by atoms with Gasteiger partial charge in [-0.1, -0.05) is 13.3 Å². The number of nitrogens with one attached hydrogen (secondary N) is 1. The fourth-order valence-corrected chi connectivity index (χ4v) is 3.44. The van der Waals surface area contributed by atoms with Crippen LogP contribution in [0.3, 0.4) is 0 Å². The topological polar surface area (TPSA) is 18.5 Å². The first-order chi connectivity index (χ1) is 8.72. The Morgan fingerprint density at radius 3 is 2.89 bits per heavy atom. The molecule has 1 N–H and O–H groups in total. The Hall–Kier alpha value is -0.120. The molecule has 3 unspecified atom stereocenters. The Morgan fingerprint density at radius 2 is 2.11 bits per heavy atom. The van der Waals surface area contributed by atoms with E-state index in [9.17, 15) is 0 Å². The van der Waals surface area contributed by atoms with Crippen molar-refractivity contribution in [2.24, 2.45) is 0 Å². The molecule has 0 saturated carbocycles. The van der Waals surface area contributed by atoms with Crippen molar-refractivity contribution in [2.75, 3.05) is 33.2 Å². The zero-order chi connectivity index (χ0) is 13.0. The zero-order valence-corrected chi connectivity index (χ0v) is 12.5. The Balaban J connectivity index is 1.67. The molecule has 2 rings (SSSR count). The van der Waals surface area contributed by atoms with E-state index in [0.29, 0.717) is 6.04 Å². The van der Waals surface area contributed by atoms with Crippen molar-refractivity contribution in [2.45, 2.75) is 64.1 Å². The van der Waals surface area contributed by atoms with E-state index in [0.717, 1.165) is 18.6 Å². The van der Waals surface area contributed by atoms with Crippen LogP contribution in [0, 0.1) is 0 Å².